The zero-order valence-electron chi connectivity index (χ0n) is 14.6. The molecule has 1 fully saturated rings. The average Bonchev–Trinajstić information content (AvgIpc) is 2.61. The standard InChI is InChI=1S/C19H22N2O4S/c1-26(24,25)21-9-3-4-15(13-21)10-14-7-8-20-18(11-14)16-5-2-6-17(12-16)19(22)23/h2,5-8,11-12,15H,3-4,9-10,13H2,1H3,(H,22,23). The third-order valence-corrected chi connectivity index (χ3v) is 5.97. The molecule has 1 atom stereocenters. The number of hydrogen-bond acceptors (Lipinski definition) is 4. The number of hydrogen-bond donors (Lipinski definition) is 1. The molecule has 1 N–H and O–H groups in total. The highest BCUT2D eigenvalue weighted by atomic mass is 32.2. The Balaban J connectivity index is 1.77. The van der Waals surface area contributed by atoms with Crippen LogP contribution < -0.4 is 0 Å². The monoisotopic (exact) mass is 374 g/mol. The highest BCUT2D eigenvalue weighted by Crippen LogP contribution is 2.25. The van der Waals surface area contributed by atoms with Gasteiger partial charge in [-0.15, -0.1) is 0 Å². The van der Waals surface area contributed by atoms with Crippen molar-refractivity contribution in [2.45, 2.75) is 19.3 Å². The molecule has 138 valence electrons. The fourth-order valence-corrected chi connectivity index (χ4v) is 4.34. The summed E-state index contributed by atoms with van der Waals surface area (Å²) in [7, 11) is -3.15. The van der Waals surface area contributed by atoms with Crippen molar-refractivity contribution < 1.29 is 18.3 Å². The maximum atomic E-state index is 11.8. The number of rotatable bonds is 5. The molecular formula is C19H22N2O4S. The first-order valence-corrected chi connectivity index (χ1v) is 10.4. The molecular weight excluding hydrogens is 352 g/mol. The number of pyridine rings is 1. The van der Waals surface area contributed by atoms with Gasteiger partial charge >= 0.3 is 5.97 Å². The topological polar surface area (TPSA) is 87.6 Å². The molecule has 1 aliphatic heterocycles. The van der Waals surface area contributed by atoms with Crippen LogP contribution in [0, 0.1) is 5.92 Å². The van der Waals surface area contributed by atoms with Gasteiger partial charge in [0, 0.05) is 24.8 Å². The predicted molar refractivity (Wildman–Crippen MR) is 99.5 cm³/mol. The van der Waals surface area contributed by atoms with Gasteiger partial charge in [0.25, 0.3) is 0 Å². The van der Waals surface area contributed by atoms with E-state index in [1.165, 1.54) is 6.26 Å². The molecule has 3 rings (SSSR count). The SMILES string of the molecule is CS(=O)(=O)N1CCCC(Cc2ccnc(-c3cccc(C(=O)O)c3)c2)C1. The largest absolute Gasteiger partial charge is 0.478 e. The van der Waals surface area contributed by atoms with E-state index in [0.717, 1.165) is 36.1 Å². The van der Waals surface area contributed by atoms with E-state index < -0.39 is 16.0 Å². The van der Waals surface area contributed by atoms with Crippen LogP contribution >= 0.6 is 0 Å². The van der Waals surface area contributed by atoms with Crippen molar-refractivity contribution in [3.05, 3.63) is 53.7 Å². The van der Waals surface area contributed by atoms with E-state index in [2.05, 4.69) is 4.98 Å². The van der Waals surface area contributed by atoms with Gasteiger partial charge in [0.1, 0.15) is 0 Å². The number of benzene rings is 1. The van der Waals surface area contributed by atoms with Crippen molar-refractivity contribution >= 4 is 16.0 Å². The number of piperidine rings is 1. The number of carboxylic acids is 1. The molecule has 0 radical (unpaired) electrons. The van der Waals surface area contributed by atoms with E-state index in [0.29, 0.717) is 13.1 Å². The van der Waals surface area contributed by atoms with Gasteiger partial charge in [0.05, 0.1) is 17.5 Å². The molecule has 0 bridgehead atoms. The Morgan fingerprint density at radius 2 is 2.12 bits per heavy atom. The Labute approximate surface area is 153 Å². The van der Waals surface area contributed by atoms with Gasteiger partial charge < -0.3 is 5.11 Å². The van der Waals surface area contributed by atoms with Crippen molar-refractivity contribution in [3.8, 4) is 11.3 Å². The van der Waals surface area contributed by atoms with E-state index in [4.69, 9.17) is 5.11 Å². The van der Waals surface area contributed by atoms with E-state index >= 15 is 0 Å². The van der Waals surface area contributed by atoms with Crippen LogP contribution in [0.2, 0.25) is 0 Å². The van der Waals surface area contributed by atoms with Gasteiger partial charge in [-0.3, -0.25) is 4.98 Å². The minimum Gasteiger partial charge on any atom is -0.478 e. The van der Waals surface area contributed by atoms with Crippen LogP contribution in [0.3, 0.4) is 0 Å². The smallest absolute Gasteiger partial charge is 0.335 e. The molecule has 6 nitrogen and oxygen atoms in total. The zero-order valence-corrected chi connectivity index (χ0v) is 15.4. The minimum atomic E-state index is -3.15. The van der Waals surface area contributed by atoms with Crippen molar-refractivity contribution in [2.24, 2.45) is 5.92 Å². The maximum absolute atomic E-state index is 11.8. The number of sulfonamides is 1. The summed E-state index contributed by atoms with van der Waals surface area (Å²) in [5.41, 5.74) is 2.79. The second-order valence-electron chi connectivity index (χ2n) is 6.77. The molecule has 1 unspecified atom stereocenters. The molecule has 0 aliphatic carbocycles. The second-order valence-corrected chi connectivity index (χ2v) is 8.75. The lowest BCUT2D eigenvalue weighted by Gasteiger charge is -2.31. The normalized spacial score (nSPS) is 18.6. The maximum Gasteiger partial charge on any atom is 0.335 e. The molecule has 1 aromatic carbocycles. The van der Waals surface area contributed by atoms with Gasteiger partial charge in [0.15, 0.2) is 0 Å². The molecule has 2 heterocycles. The van der Waals surface area contributed by atoms with E-state index in [9.17, 15) is 13.2 Å². The van der Waals surface area contributed by atoms with Crippen LogP contribution in [0.15, 0.2) is 42.6 Å². The van der Waals surface area contributed by atoms with Crippen LogP contribution in [-0.2, 0) is 16.4 Å². The molecule has 1 aliphatic rings. The van der Waals surface area contributed by atoms with Crippen LogP contribution in [0.25, 0.3) is 11.3 Å². The van der Waals surface area contributed by atoms with E-state index in [1.807, 2.05) is 18.2 Å². The molecule has 2 aromatic rings. The highest BCUT2D eigenvalue weighted by Gasteiger charge is 2.26. The number of aromatic carboxylic acids is 1. The van der Waals surface area contributed by atoms with Gasteiger partial charge in [-0.05, 0) is 55.0 Å². The fraction of sp³-hybridized carbons (Fsp3) is 0.368. The van der Waals surface area contributed by atoms with Crippen LogP contribution in [0.1, 0.15) is 28.8 Å². The summed E-state index contributed by atoms with van der Waals surface area (Å²) in [6, 6.07) is 10.6. The summed E-state index contributed by atoms with van der Waals surface area (Å²) in [6.45, 7) is 1.14. The van der Waals surface area contributed by atoms with Crippen LogP contribution in [0.5, 0.6) is 0 Å². The summed E-state index contributed by atoms with van der Waals surface area (Å²) >= 11 is 0. The van der Waals surface area contributed by atoms with Gasteiger partial charge in [-0.2, -0.15) is 0 Å². The minimum absolute atomic E-state index is 0.228. The Bertz CT molecular complexity index is 911. The fourth-order valence-electron chi connectivity index (χ4n) is 3.40. The van der Waals surface area contributed by atoms with Crippen molar-refractivity contribution in [2.75, 3.05) is 19.3 Å². The Hall–Kier alpha value is -2.25. The molecule has 1 saturated heterocycles. The lowest BCUT2D eigenvalue weighted by Crippen LogP contribution is -2.39. The molecule has 0 saturated carbocycles. The summed E-state index contributed by atoms with van der Waals surface area (Å²) < 4.78 is 25.1. The molecule has 0 amide bonds. The number of aromatic nitrogens is 1. The third-order valence-electron chi connectivity index (χ3n) is 4.70. The van der Waals surface area contributed by atoms with Gasteiger partial charge in [-0.25, -0.2) is 17.5 Å². The van der Waals surface area contributed by atoms with E-state index in [1.54, 1.807) is 28.7 Å². The quantitative estimate of drug-likeness (QED) is 0.869. The summed E-state index contributed by atoms with van der Waals surface area (Å²) in [5, 5.41) is 9.14. The lowest BCUT2D eigenvalue weighted by atomic mass is 9.92. The van der Waals surface area contributed by atoms with Crippen molar-refractivity contribution in [3.63, 3.8) is 0 Å². The number of nitrogens with zero attached hydrogens (tertiary/aromatic N) is 2. The predicted octanol–water partition coefficient (Wildman–Crippen LogP) is 2.66. The van der Waals surface area contributed by atoms with Crippen LogP contribution in [0.4, 0.5) is 0 Å². The van der Waals surface area contributed by atoms with E-state index in [-0.39, 0.29) is 11.5 Å². The van der Waals surface area contributed by atoms with Crippen LogP contribution in [-0.4, -0.2) is 48.1 Å². The first-order valence-electron chi connectivity index (χ1n) is 8.57. The first-order chi connectivity index (χ1) is 12.3. The first kappa shape index (κ1) is 18.5. The molecule has 0 spiro atoms. The highest BCUT2D eigenvalue weighted by molar-refractivity contribution is 7.88. The average molecular weight is 374 g/mol. The summed E-state index contributed by atoms with van der Waals surface area (Å²) in [4.78, 5) is 15.5. The summed E-state index contributed by atoms with van der Waals surface area (Å²) in [6.07, 6.45) is 5.62. The van der Waals surface area contributed by atoms with Gasteiger partial charge in [-0.1, -0.05) is 12.1 Å². The third kappa shape index (κ3) is 4.47. The Kier molecular flexibility index (Phi) is 5.38. The number of carbonyl (C=O) groups is 1. The number of carboxylic acid groups (broad SMARTS) is 1. The van der Waals surface area contributed by atoms with Crippen molar-refractivity contribution in [1.29, 1.82) is 0 Å². The van der Waals surface area contributed by atoms with Crippen molar-refractivity contribution in [1.82, 2.24) is 9.29 Å². The second kappa shape index (κ2) is 7.55. The Morgan fingerprint density at radius 1 is 1.31 bits per heavy atom. The molecule has 7 heteroatoms. The zero-order chi connectivity index (χ0) is 18.7. The molecule has 26 heavy (non-hydrogen) atoms. The van der Waals surface area contributed by atoms with Gasteiger partial charge in [0.2, 0.25) is 10.0 Å². The summed E-state index contributed by atoms with van der Waals surface area (Å²) in [5.74, 6) is -0.690. The molecule has 1 aromatic heterocycles. The lowest BCUT2D eigenvalue weighted by molar-refractivity contribution is 0.0697. The Morgan fingerprint density at radius 3 is 2.85 bits per heavy atom.